The number of hydrogen-bond acceptors (Lipinski definition) is 2. The van der Waals surface area contributed by atoms with Gasteiger partial charge in [-0.05, 0) is 57.4 Å². The number of nitrogens with zero attached hydrogens (tertiary/aromatic N) is 1. The van der Waals surface area contributed by atoms with E-state index >= 15 is 0 Å². The molecule has 102 valence electrons. The first-order chi connectivity index (χ1) is 8.75. The van der Waals surface area contributed by atoms with E-state index in [0.717, 1.165) is 44.8 Å². The van der Waals surface area contributed by atoms with E-state index in [1.165, 1.54) is 25.7 Å². The van der Waals surface area contributed by atoms with Crippen LogP contribution in [-0.4, -0.2) is 36.5 Å². The maximum absolute atomic E-state index is 13.0. The molecule has 1 amide bonds. The van der Waals surface area contributed by atoms with E-state index in [2.05, 4.69) is 17.1 Å². The third kappa shape index (κ3) is 2.42. The number of hydrogen-bond donors (Lipinski definition) is 1. The predicted molar refractivity (Wildman–Crippen MR) is 72.3 cm³/mol. The molecule has 1 unspecified atom stereocenters. The fourth-order valence-corrected chi connectivity index (χ4v) is 3.27. The Morgan fingerprint density at radius 1 is 1.33 bits per heavy atom. The number of nitrogens with one attached hydrogen (secondary N) is 1. The minimum atomic E-state index is -0.0876. The number of rotatable bonds is 5. The van der Waals surface area contributed by atoms with Gasteiger partial charge in [0.05, 0.1) is 5.41 Å². The van der Waals surface area contributed by atoms with Crippen molar-refractivity contribution >= 4 is 5.91 Å². The summed E-state index contributed by atoms with van der Waals surface area (Å²) in [7, 11) is 0. The molecule has 1 heterocycles. The van der Waals surface area contributed by atoms with Crippen LogP contribution in [0, 0.1) is 11.3 Å². The Bertz CT molecular complexity index is 314. The Hall–Kier alpha value is -0.570. The van der Waals surface area contributed by atoms with E-state index in [-0.39, 0.29) is 5.41 Å². The molecular weight excluding hydrogens is 224 g/mol. The van der Waals surface area contributed by atoms with Crippen molar-refractivity contribution in [1.82, 2.24) is 10.2 Å². The van der Waals surface area contributed by atoms with Crippen molar-refractivity contribution in [2.24, 2.45) is 11.3 Å². The lowest BCUT2D eigenvalue weighted by atomic mass is 9.77. The second-order valence-corrected chi connectivity index (χ2v) is 6.55. The van der Waals surface area contributed by atoms with Crippen molar-refractivity contribution in [3.8, 4) is 0 Å². The molecule has 0 bridgehead atoms. The molecule has 0 aromatic rings. The van der Waals surface area contributed by atoms with Crippen molar-refractivity contribution in [1.29, 1.82) is 0 Å². The van der Waals surface area contributed by atoms with Crippen LogP contribution < -0.4 is 5.32 Å². The lowest BCUT2D eigenvalue weighted by molar-refractivity contribution is -0.144. The summed E-state index contributed by atoms with van der Waals surface area (Å²) >= 11 is 0. The molecule has 18 heavy (non-hydrogen) atoms. The van der Waals surface area contributed by atoms with Crippen molar-refractivity contribution in [2.75, 3.05) is 19.6 Å². The molecule has 3 rings (SSSR count). The van der Waals surface area contributed by atoms with Crippen molar-refractivity contribution in [2.45, 2.75) is 57.9 Å². The average molecular weight is 250 g/mol. The number of piperidine rings is 1. The molecule has 3 fully saturated rings. The fourth-order valence-electron chi connectivity index (χ4n) is 3.27. The highest BCUT2D eigenvalue weighted by atomic mass is 16.2. The van der Waals surface area contributed by atoms with Crippen LogP contribution in [0.3, 0.4) is 0 Å². The van der Waals surface area contributed by atoms with Crippen LogP contribution in [0.4, 0.5) is 0 Å². The molecule has 3 heteroatoms. The first kappa shape index (κ1) is 12.5. The standard InChI is InChI=1S/C15H26N2O/c1-2-15(8-3-9-16-11-15)14(18)17(13-6-7-13)10-12-4-5-12/h12-13,16H,2-11H2,1H3. The lowest BCUT2D eigenvalue weighted by Crippen LogP contribution is -2.52. The quantitative estimate of drug-likeness (QED) is 0.811. The summed E-state index contributed by atoms with van der Waals surface area (Å²) in [4.78, 5) is 15.2. The van der Waals surface area contributed by atoms with Gasteiger partial charge in [0.15, 0.2) is 0 Å². The summed E-state index contributed by atoms with van der Waals surface area (Å²) in [6.45, 7) is 5.22. The Balaban J connectivity index is 1.72. The summed E-state index contributed by atoms with van der Waals surface area (Å²) in [6, 6.07) is 0.587. The molecule has 0 spiro atoms. The largest absolute Gasteiger partial charge is 0.339 e. The normalized spacial score (nSPS) is 32.3. The minimum absolute atomic E-state index is 0.0876. The van der Waals surface area contributed by atoms with Crippen LogP contribution in [0.5, 0.6) is 0 Å². The molecule has 3 nitrogen and oxygen atoms in total. The van der Waals surface area contributed by atoms with E-state index in [1.54, 1.807) is 0 Å². The molecule has 0 aromatic heterocycles. The average Bonchev–Trinajstić information content (AvgIpc) is 3.29. The van der Waals surface area contributed by atoms with E-state index in [4.69, 9.17) is 0 Å². The molecule has 1 aliphatic heterocycles. The summed E-state index contributed by atoms with van der Waals surface area (Å²) < 4.78 is 0. The summed E-state index contributed by atoms with van der Waals surface area (Å²) in [5, 5.41) is 3.44. The summed E-state index contributed by atoms with van der Waals surface area (Å²) in [5.74, 6) is 1.28. The first-order valence-electron chi connectivity index (χ1n) is 7.77. The first-order valence-corrected chi connectivity index (χ1v) is 7.77. The van der Waals surface area contributed by atoms with Gasteiger partial charge in [0.2, 0.25) is 5.91 Å². The van der Waals surface area contributed by atoms with Gasteiger partial charge in [-0.3, -0.25) is 4.79 Å². The van der Waals surface area contributed by atoms with Crippen LogP contribution in [0.25, 0.3) is 0 Å². The van der Waals surface area contributed by atoms with Crippen LogP contribution in [-0.2, 0) is 4.79 Å². The Morgan fingerprint density at radius 3 is 2.61 bits per heavy atom. The topological polar surface area (TPSA) is 32.3 Å². The fraction of sp³-hybridized carbons (Fsp3) is 0.933. The highest BCUT2D eigenvalue weighted by Crippen LogP contribution is 2.40. The minimum Gasteiger partial charge on any atom is -0.339 e. The zero-order valence-electron chi connectivity index (χ0n) is 11.6. The molecule has 1 atom stereocenters. The highest BCUT2D eigenvalue weighted by Gasteiger charge is 2.45. The van der Waals surface area contributed by atoms with Crippen LogP contribution in [0.15, 0.2) is 0 Å². The van der Waals surface area contributed by atoms with E-state index in [0.29, 0.717) is 11.9 Å². The van der Waals surface area contributed by atoms with Gasteiger partial charge in [-0.1, -0.05) is 6.92 Å². The van der Waals surface area contributed by atoms with Crippen molar-refractivity contribution in [3.05, 3.63) is 0 Å². The molecule has 0 radical (unpaired) electrons. The van der Waals surface area contributed by atoms with Gasteiger partial charge < -0.3 is 10.2 Å². The number of amides is 1. The zero-order chi connectivity index (χ0) is 12.6. The molecule has 1 saturated heterocycles. The predicted octanol–water partition coefficient (Wildman–Crippen LogP) is 2.17. The van der Waals surface area contributed by atoms with Crippen LogP contribution in [0.2, 0.25) is 0 Å². The Labute approximate surface area is 110 Å². The third-order valence-corrected chi connectivity index (χ3v) is 5.00. The van der Waals surface area contributed by atoms with Gasteiger partial charge in [-0.25, -0.2) is 0 Å². The smallest absolute Gasteiger partial charge is 0.230 e. The summed E-state index contributed by atoms with van der Waals surface area (Å²) in [6.07, 6.45) is 8.40. The molecule has 1 N–H and O–H groups in total. The monoisotopic (exact) mass is 250 g/mol. The van der Waals surface area contributed by atoms with Crippen molar-refractivity contribution < 1.29 is 4.79 Å². The van der Waals surface area contributed by atoms with Crippen LogP contribution >= 0.6 is 0 Å². The Kier molecular flexibility index (Phi) is 3.35. The maximum Gasteiger partial charge on any atom is 0.230 e. The van der Waals surface area contributed by atoms with Crippen molar-refractivity contribution in [3.63, 3.8) is 0 Å². The lowest BCUT2D eigenvalue weighted by Gasteiger charge is -2.40. The third-order valence-electron chi connectivity index (χ3n) is 5.00. The molecule has 0 aromatic carbocycles. The highest BCUT2D eigenvalue weighted by molar-refractivity contribution is 5.83. The SMILES string of the molecule is CCC1(C(=O)N(CC2CC2)C2CC2)CCCNC1. The summed E-state index contributed by atoms with van der Waals surface area (Å²) in [5.41, 5.74) is -0.0876. The van der Waals surface area contributed by atoms with Gasteiger partial charge in [0.25, 0.3) is 0 Å². The van der Waals surface area contributed by atoms with Gasteiger partial charge in [-0.15, -0.1) is 0 Å². The van der Waals surface area contributed by atoms with Gasteiger partial charge >= 0.3 is 0 Å². The Morgan fingerprint density at radius 2 is 2.11 bits per heavy atom. The molecular formula is C15H26N2O. The van der Waals surface area contributed by atoms with Gasteiger partial charge in [0.1, 0.15) is 0 Å². The maximum atomic E-state index is 13.0. The molecule has 2 saturated carbocycles. The molecule has 2 aliphatic carbocycles. The van der Waals surface area contributed by atoms with E-state index < -0.39 is 0 Å². The van der Waals surface area contributed by atoms with E-state index in [9.17, 15) is 4.79 Å². The molecule has 3 aliphatic rings. The second kappa shape index (κ2) is 4.84. The van der Waals surface area contributed by atoms with Gasteiger partial charge in [0, 0.05) is 19.1 Å². The van der Waals surface area contributed by atoms with E-state index in [1.807, 2.05) is 0 Å². The number of carbonyl (C=O) groups excluding carboxylic acids is 1. The second-order valence-electron chi connectivity index (χ2n) is 6.55. The number of carbonyl (C=O) groups is 1. The van der Waals surface area contributed by atoms with Gasteiger partial charge in [-0.2, -0.15) is 0 Å². The zero-order valence-corrected chi connectivity index (χ0v) is 11.6. The van der Waals surface area contributed by atoms with Crippen LogP contribution in [0.1, 0.15) is 51.9 Å².